The molecule has 0 bridgehead atoms. The molecule has 30 heavy (non-hydrogen) atoms. The van der Waals surface area contributed by atoms with Crippen molar-refractivity contribution in [1.82, 2.24) is 0 Å². The summed E-state index contributed by atoms with van der Waals surface area (Å²) in [5.74, 6) is 1.25. The molecule has 0 aromatic heterocycles. The molecular formula is C25H36FNO3. The van der Waals surface area contributed by atoms with Gasteiger partial charge in [0.05, 0.1) is 18.4 Å². The van der Waals surface area contributed by atoms with Crippen molar-refractivity contribution in [3.8, 4) is 5.75 Å². The van der Waals surface area contributed by atoms with E-state index in [1.54, 1.807) is 12.1 Å². The van der Waals surface area contributed by atoms with Crippen LogP contribution in [0.25, 0.3) is 0 Å². The Hall–Kier alpha value is -1.78. The van der Waals surface area contributed by atoms with Crippen LogP contribution < -0.4 is 9.64 Å². The number of ether oxygens (including phenoxy) is 2. The number of rotatable bonds is 7. The molecule has 0 N–H and O–H groups in total. The van der Waals surface area contributed by atoms with Crippen LogP contribution in [-0.4, -0.2) is 31.8 Å². The highest BCUT2D eigenvalue weighted by Crippen LogP contribution is 2.48. The Labute approximate surface area is 180 Å². The molecule has 3 aliphatic rings. The number of carbonyl (C=O) groups excluding carboxylic acids is 1. The molecule has 1 aromatic rings. The van der Waals surface area contributed by atoms with Crippen molar-refractivity contribution >= 4 is 11.7 Å². The smallest absolute Gasteiger partial charge is 0.305 e. The molecule has 2 aliphatic carbocycles. The van der Waals surface area contributed by atoms with E-state index in [0.717, 1.165) is 50.9 Å². The van der Waals surface area contributed by atoms with Gasteiger partial charge in [-0.1, -0.05) is 0 Å². The van der Waals surface area contributed by atoms with Crippen molar-refractivity contribution in [1.29, 1.82) is 0 Å². The molecule has 1 heterocycles. The molecule has 0 unspecified atom stereocenters. The molecular weight excluding hydrogens is 381 g/mol. The molecule has 1 aromatic carbocycles. The third kappa shape index (κ3) is 5.09. The second-order valence-electron chi connectivity index (χ2n) is 9.56. The van der Waals surface area contributed by atoms with Crippen molar-refractivity contribution in [2.75, 3.05) is 24.6 Å². The lowest BCUT2D eigenvalue weighted by Gasteiger charge is -2.46. The van der Waals surface area contributed by atoms with Crippen molar-refractivity contribution in [2.24, 2.45) is 11.3 Å². The van der Waals surface area contributed by atoms with Gasteiger partial charge in [0.1, 0.15) is 11.6 Å². The van der Waals surface area contributed by atoms with Gasteiger partial charge in [0.2, 0.25) is 0 Å². The van der Waals surface area contributed by atoms with E-state index in [4.69, 9.17) is 9.47 Å². The van der Waals surface area contributed by atoms with Crippen molar-refractivity contribution in [3.63, 3.8) is 0 Å². The Kier molecular flexibility index (Phi) is 6.84. The number of carbonyl (C=O) groups is 1. The van der Waals surface area contributed by atoms with E-state index in [-0.39, 0.29) is 11.8 Å². The third-order valence-corrected chi connectivity index (χ3v) is 7.67. The molecule has 1 spiro atoms. The van der Waals surface area contributed by atoms with Crippen LogP contribution in [0.3, 0.4) is 0 Å². The quantitative estimate of drug-likeness (QED) is 0.520. The lowest BCUT2D eigenvalue weighted by atomic mass is 9.65. The Morgan fingerprint density at radius 3 is 2.50 bits per heavy atom. The fourth-order valence-electron chi connectivity index (χ4n) is 5.34. The van der Waals surface area contributed by atoms with Gasteiger partial charge in [-0.2, -0.15) is 0 Å². The maximum absolute atomic E-state index is 14.5. The Morgan fingerprint density at radius 2 is 1.87 bits per heavy atom. The fraction of sp³-hybridized carbons (Fsp3) is 0.720. The second kappa shape index (κ2) is 9.57. The minimum absolute atomic E-state index is 0.0587. The van der Waals surface area contributed by atoms with Gasteiger partial charge >= 0.3 is 5.97 Å². The number of benzene rings is 1. The first-order valence-electron chi connectivity index (χ1n) is 11.9. The monoisotopic (exact) mass is 417 g/mol. The van der Waals surface area contributed by atoms with Crippen LogP contribution in [-0.2, 0) is 9.53 Å². The van der Waals surface area contributed by atoms with Gasteiger partial charge in [0, 0.05) is 25.6 Å². The number of anilines is 1. The minimum atomic E-state index is -0.144. The Morgan fingerprint density at radius 1 is 1.13 bits per heavy atom. The molecule has 3 fully saturated rings. The summed E-state index contributed by atoms with van der Waals surface area (Å²) < 4.78 is 25.6. The summed E-state index contributed by atoms with van der Waals surface area (Å²) in [6.45, 7) is 4.16. The number of esters is 1. The van der Waals surface area contributed by atoms with E-state index in [0.29, 0.717) is 36.2 Å². The molecule has 4 nitrogen and oxygen atoms in total. The van der Waals surface area contributed by atoms with Crippen LogP contribution in [0.4, 0.5) is 10.1 Å². The first-order valence-corrected chi connectivity index (χ1v) is 11.9. The first-order chi connectivity index (χ1) is 14.6. The summed E-state index contributed by atoms with van der Waals surface area (Å²) in [5.41, 5.74) is 1.11. The summed E-state index contributed by atoms with van der Waals surface area (Å²) in [7, 11) is 0. The summed E-state index contributed by atoms with van der Waals surface area (Å²) in [5, 5.41) is 0. The van der Waals surface area contributed by atoms with Crippen LogP contribution in [0.5, 0.6) is 5.75 Å². The highest BCUT2D eigenvalue weighted by molar-refractivity contribution is 5.69. The second-order valence-corrected chi connectivity index (χ2v) is 9.56. The molecule has 166 valence electrons. The standard InChI is InChI=1S/C25H36FNO3/c1-2-29-24(28)9-6-19-10-12-25(13-11-19)14-16-27(17-15-25)23-18-21(7-8-22(23)26)30-20-4-3-5-20/h7-8,18-20H,2-6,9-17H2,1H3. The maximum atomic E-state index is 14.5. The zero-order valence-corrected chi connectivity index (χ0v) is 18.3. The highest BCUT2D eigenvalue weighted by Gasteiger charge is 2.38. The summed E-state index contributed by atoms with van der Waals surface area (Å²) in [4.78, 5) is 13.8. The molecule has 2 saturated carbocycles. The number of piperidine rings is 1. The van der Waals surface area contributed by atoms with E-state index < -0.39 is 0 Å². The van der Waals surface area contributed by atoms with Gasteiger partial charge in [-0.05, 0) is 94.6 Å². The number of hydrogen-bond acceptors (Lipinski definition) is 4. The molecule has 1 saturated heterocycles. The van der Waals surface area contributed by atoms with Gasteiger partial charge in [-0.3, -0.25) is 4.79 Å². The fourth-order valence-corrected chi connectivity index (χ4v) is 5.34. The molecule has 4 rings (SSSR count). The van der Waals surface area contributed by atoms with Gasteiger partial charge in [0.15, 0.2) is 0 Å². The summed E-state index contributed by atoms with van der Waals surface area (Å²) in [6.07, 6.45) is 12.4. The van der Waals surface area contributed by atoms with Gasteiger partial charge in [-0.25, -0.2) is 4.39 Å². The zero-order chi connectivity index (χ0) is 21.0. The Balaban J connectivity index is 1.27. The van der Waals surface area contributed by atoms with Crippen molar-refractivity contribution in [2.45, 2.75) is 83.7 Å². The first kappa shape index (κ1) is 21.5. The SMILES string of the molecule is CCOC(=O)CCC1CCC2(CC1)CCN(c1cc(OC3CCC3)ccc1F)CC2. The van der Waals surface area contributed by atoms with E-state index in [1.807, 2.05) is 13.0 Å². The number of halogens is 1. The van der Waals surface area contributed by atoms with E-state index in [1.165, 1.54) is 32.1 Å². The van der Waals surface area contributed by atoms with Crippen LogP contribution in [0.1, 0.15) is 77.6 Å². The Bertz CT molecular complexity index is 715. The van der Waals surface area contributed by atoms with Crippen LogP contribution in [0, 0.1) is 17.2 Å². The van der Waals surface area contributed by atoms with Gasteiger partial charge < -0.3 is 14.4 Å². The largest absolute Gasteiger partial charge is 0.490 e. The molecule has 1 aliphatic heterocycles. The van der Waals surface area contributed by atoms with E-state index in [9.17, 15) is 9.18 Å². The normalized spacial score (nSPS) is 22.0. The lowest BCUT2D eigenvalue weighted by molar-refractivity contribution is -0.143. The molecule has 0 atom stereocenters. The topological polar surface area (TPSA) is 38.8 Å². The van der Waals surface area contributed by atoms with Crippen LogP contribution >= 0.6 is 0 Å². The van der Waals surface area contributed by atoms with E-state index in [2.05, 4.69) is 4.90 Å². The predicted molar refractivity (Wildman–Crippen MR) is 116 cm³/mol. The number of nitrogens with zero attached hydrogens (tertiary/aromatic N) is 1. The third-order valence-electron chi connectivity index (χ3n) is 7.67. The predicted octanol–water partition coefficient (Wildman–Crippen LogP) is 5.88. The lowest BCUT2D eigenvalue weighted by Crippen LogP contribution is -2.42. The number of hydrogen-bond donors (Lipinski definition) is 0. The van der Waals surface area contributed by atoms with E-state index >= 15 is 0 Å². The van der Waals surface area contributed by atoms with Gasteiger partial charge in [0.25, 0.3) is 0 Å². The molecule has 0 radical (unpaired) electrons. The summed E-state index contributed by atoms with van der Waals surface area (Å²) in [6, 6.07) is 5.22. The van der Waals surface area contributed by atoms with Crippen LogP contribution in [0.15, 0.2) is 18.2 Å². The average Bonchev–Trinajstić information content (AvgIpc) is 2.72. The molecule has 0 amide bonds. The summed E-state index contributed by atoms with van der Waals surface area (Å²) >= 11 is 0. The van der Waals surface area contributed by atoms with Crippen molar-refractivity contribution < 1.29 is 18.7 Å². The average molecular weight is 418 g/mol. The minimum Gasteiger partial charge on any atom is -0.490 e. The van der Waals surface area contributed by atoms with Gasteiger partial charge in [-0.15, -0.1) is 0 Å². The zero-order valence-electron chi connectivity index (χ0n) is 18.3. The highest BCUT2D eigenvalue weighted by atomic mass is 19.1. The van der Waals surface area contributed by atoms with Crippen LogP contribution in [0.2, 0.25) is 0 Å². The maximum Gasteiger partial charge on any atom is 0.305 e. The molecule has 5 heteroatoms. The van der Waals surface area contributed by atoms with Crippen molar-refractivity contribution in [3.05, 3.63) is 24.0 Å².